The maximum absolute atomic E-state index is 11.3. The van der Waals surface area contributed by atoms with Gasteiger partial charge < -0.3 is 10.2 Å². The molecule has 1 amide bonds. The summed E-state index contributed by atoms with van der Waals surface area (Å²) in [5.74, 6) is -0.186. The van der Waals surface area contributed by atoms with Crippen molar-refractivity contribution in [3.63, 3.8) is 0 Å². The van der Waals surface area contributed by atoms with Gasteiger partial charge in [0.1, 0.15) is 5.38 Å². The molecule has 0 aliphatic rings. The normalized spacial score (nSPS) is 12.0. The summed E-state index contributed by atoms with van der Waals surface area (Å²) in [6.45, 7) is 1.64. The Hall–Kier alpha value is -1.22. The van der Waals surface area contributed by atoms with Crippen LogP contribution in [0.3, 0.4) is 0 Å². The third-order valence-electron chi connectivity index (χ3n) is 2.01. The molecule has 0 saturated carbocycles. The Balaban J connectivity index is 2.69. The van der Waals surface area contributed by atoms with E-state index in [2.05, 4.69) is 5.32 Å². The molecule has 82 valence electrons. The lowest BCUT2D eigenvalue weighted by Crippen LogP contribution is -2.20. The van der Waals surface area contributed by atoms with Crippen LogP contribution in [0.2, 0.25) is 0 Å². The van der Waals surface area contributed by atoms with Crippen LogP contribution in [0.25, 0.3) is 0 Å². The van der Waals surface area contributed by atoms with E-state index < -0.39 is 5.38 Å². The summed E-state index contributed by atoms with van der Waals surface area (Å²) in [7, 11) is 3.93. The van der Waals surface area contributed by atoms with Crippen molar-refractivity contribution < 1.29 is 4.79 Å². The van der Waals surface area contributed by atoms with E-state index in [-0.39, 0.29) is 5.91 Å². The van der Waals surface area contributed by atoms with Crippen LogP contribution in [0.1, 0.15) is 6.92 Å². The van der Waals surface area contributed by atoms with E-state index in [0.717, 1.165) is 11.4 Å². The monoisotopic (exact) mass is 226 g/mol. The van der Waals surface area contributed by atoms with Crippen molar-refractivity contribution in [3.8, 4) is 0 Å². The number of carbonyl (C=O) groups is 1. The van der Waals surface area contributed by atoms with E-state index in [1.807, 2.05) is 43.3 Å². The topological polar surface area (TPSA) is 32.3 Å². The van der Waals surface area contributed by atoms with E-state index in [1.54, 1.807) is 6.92 Å². The molecule has 1 aromatic carbocycles. The summed E-state index contributed by atoms with van der Waals surface area (Å²) >= 11 is 5.64. The number of rotatable bonds is 3. The first-order chi connectivity index (χ1) is 7.00. The van der Waals surface area contributed by atoms with Gasteiger partial charge in [0.05, 0.1) is 0 Å². The molecule has 0 fully saturated rings. The maximum atomic E-state index is 11.3. The quantitative estimate of drug-likeness (QED) is 0.803. The maximum Gasteiger partial charge on any atom is 0.242 e. The number of halogens is 1. The number of anilines is 2. The minimum atomic E-state index is -0.515. The average Bonchev–Trinajstić information content (AvgIpc) is 2.18. The highest BCUT2D eigenvalue weighted by Gasteiger charge is 2.08. The number of nitrogens with one attached hydrogen (secondary N) is 1. The molecule has 0 bridgehead atoms. The van der Waals surface area contributed by atoms with E-state index in [9.17, 15) is 4.79 Å². The van der Waals surface area contributed by atoms with E-state index >= 15 is 0 Å². The second-order valence-electron chi connectivity index (χ2n) is 3.55. The molecule has 0 aromatic heterocycles. The lowest BCUT2D eigenvalue weighted by atomic mass is 10.2. The first-order valence-electron chi connectivity index (χ1n) is 4.73. The molecular formula is C11H15ClN2O. The molecule has 1 atom stereocenters. The molecular weight excluding hydrogens is 212 g/mol. The van der Waals surface area contributed by atoms with Gasteiger partial charge in [-0.2, -0.15) is 0 Å². The highest BCUT2D eigenvalue weighted by atomic mass is 35.5. The zero-order valence-corrected chi connectivity index (χ0v) is 9.88. The molecule has 0 aliphatic heterocycles. The van der Waals surface area contributed by atoms with Gasteiger partial charge in [-0.1, -0.05) is 0 Å². The zero-order chi connectivity index (χ0) is 11.4. The molecule has 0 saturated heterocycles. The number of benzene rings is 1. The van der Waals surface area contributed by atoms with Crippen molar-refractivity contribution in [2.75, 3.05) is 24.3 Å². The summed E-state index contributed by atoms with van der Waals surface area (Å²) < 4.78 is 0. The molecule has 0 heterocycles. The van der Waals surface area contributed by atoms with E-state index in [0.29, 0.717) is 0 Å². The third kappa shape index (κ3) is 3.44. The van der Waals surface area contributed by atoms with Crippen molar-refractivity contribution in [3.05, 3.63) is 24.3 Å². The van der Waals surface area contributed by atoms with Crippen molar-refractivity contribution in [2.24, 2.45) is 0 Å². The minimum absolute atomic E-state index is 0.186. The van der Waals surface area contributed by atoms with Crippen LogP contribution in [-0.4, -0.2) is 25.4 Å². The van der Waals surface area contributed by atoms with E-state index in [1.165, 1.54) is 0 Å². The molecule has 4 heteroatoms. The Morgan fingerprint density at radius 3 is 2.27 bits per heavy atom. The summed E-state index contributed by atoms with van der Waals surface area (Å²) in [6.07, 6.45) is 0. The number of hydrogen-bond donors (Lipinski definition) is 1. The van der Waals surface area contributed by atoms with E-state index in [4.69, 9.17) is 11.6 Å². The minimum Gasteiger partial charge on any atom is -0.378 e. The number of hydrogen-bond acceptors (Lipinski definition) is 2. The number of nitrogens with zero attached hydrogens (tertiary/aromatic N) is 1. The molecule has 1 rings (SSSR count). The van der Waals surface area contributed by atoms with Crippen LogP contribution in [-0.2, 0) is 4.79 Å². The SMILES string of the molecule is C[C@@H](Cl)C(=O)Nc1ccc(N(C)C)cc1. The summed E-state index contributed by atoms with van der Waals surface area (Å²) in [5.41, 5.74) is 1.85. The van der Waals surface area contributed by atoms with Crippen molar-refractivity contribution in [1.82, 2.24) is 0 Å². The first kappa shape index (κ1) is 11.9. The predicted molar refractivity (Wildman–Crippen MR) is 64.7 cm³/mol. The van der Waals surface area contributed by atoms with Crippen molar-refractivity contribution >= 4 is 28.9 Å². The molecule has 0 aliphatic carbocycles. The van der Waals surface area contributed by atoms with Crippen LogP contribution >= 0.6 is 11.6 Å². The fourth-order valence-electron chi connectivity index (χ4n) is 1.08. The van der Waals surface area contributed by atoms with Crippen LogP contribution in [0.15, 0.2) is 24.3 Å². The largest absolute Gasteiger partial charge is 0.378 e. The highest BCUT2D eigenvalue weighted by Crippen LogP contribution is 2.16. The van der Waals surface area contributed by atoms with Gasteiger partial charge in [-0.15, -0.1) is 11.6 Å². The van der Waals surface area contributed by atoms with Crippen LogP contribution < -0.4 is 10.2 Å². The Labute approximate surface area is 95.0 Å². The lowest BCUT2D eigenvalue weighted by Gasteiger charge is -2.13. The molecule has 3 nitrogen and oxygen atoms in total. The number of carbonyl (C=O) groups excluding carboxylic acids is 1. The standard InChI is InChI=1S/C11H15ClN2O/c1-8(12)11(15)13-9-4-6-10(7-5-9)14(2)3/h4-8H,1-3H3,(H,13,15)/t8-/m1/s1. The van der Waals surface area contributed by atoms with Gasteiger partial charge in [0.15, 0.2) is 0 Å². The van der Waals surface area contributed by atoms with Crippen LogP contribution in [0, 0.1) is 0 Å². The van der Waals surface area contributed by atoms with Crippen LogP contribution in [0.5, 0.6) is 0 Å². The van der Waals surface area contributed by atoms with Gasteiger partial charge in [-0.3, -0.25) is 4.79 Å². The van der Waals surface area contributed by atoms with Gasteiger partial charge in [0.25, 0.3) is 0 Å². The smallest absolute Gasteiger partial charge is 0.242 e. The van der Waals surface area contributed by atoms with Crippen molar-refractivity contribution in [2.45, 2.75) is 12.3 Å². The second-order valence-corrected chi connectivity index (χ2v) is 4.20. The predicted octanol–water partition coefficient (Wildman–Crippen LogP) is 2.32. The Morgan fingerprint density at radius 2 is 1.87 bits per heavy atom. The molecule has 1 aromatic rings. The third-order valence-corrected chi connectivity index (χ3v) is 2.21. The average molecular weight is 227 g/mol. The fraction of sp³-hybridized carbons (Fsp3) is 0.364. The lowest BCUT2D eigenvalue weighted by molar-refractivity contribution is -0.115. The summed E-state index contributed by atoms with van der Waals surface area (Å²) in [6, 6.07) is 7.59. The molecule has 1 N–H and O–H groups in total. The number of amides is 1. The van der Waals surface area contributed by atoms with Gasteiger partial charge in [-0.05, 0) is 31.2 Å². The van der Waals surface area contributed by atoms with Gasteiger partial charge >= 0.3 is 0 Å². The Kier molecular flexibility index (Phi) is 3.97. The Morgan fingerprint density at radius 1 is 1.33 bits per heavy atom. The molecule has 0 spiro atoms. The summed E-state index contributed by atoms with van der Waals surface area (Å²) in [4.78, 5) is 13.3. The second kappa shape index (κ2) is 5.03. The molecule has 15 heavy (non-hydrogen) atoms. The van der Waals surface area contributed by atoms with Crippen LogP contribution in [0.4, 0.5) is 11.4 Å². The van der Waals surface area contributed by atoms with Gasteiger partial charge in [0.2, 0.25) is 5.91 Å². The Bertz CT molecular complexity index is 333. The molecule has 0 unspecified atom stereocenters. The van der Waals surface area contributed by atoms with Crippen molar-refractivity contribution in [1.29, 1.82) is 0 Å². The molecule has 0 radical (unpaired) electrons. The van der Waals surface area contributed by atoms with Gasteiger partial charge in [0, 0.05) is 25.5 Å². The van der Waals surface area contributed by atoms with Gasteiger partial charge in [-0.25, -0.2) is 0 Å². The first-order valence-corrected chi connectivity index (χ1v) is 5.16. The highest BCUT2D eigenvalue weighted by molar-refractivity contribution is 6.32. The zero-order valence-electron chi connectivity index (χ0n) is 9.12. The fourth-order valence-corrected chi connectivity index (χ4v) is 1.14. The number of alkyl halides is 1. The summed E-state index contributed by atoms with van der Waals surface area (Å²) in [5, 5.41) is 2.20.